The monoisotopic (exact) mass is 402 g/mol. The van der Waals surface area contributed by atoms with Gasteiger partial charge in [0.2, 0.25) is 0 Å². The van der Waals surface area contributed by atoms with Gasteiger partial charge in [-0.05, 0) is 51.1 Å². The first-order valence-electron chi connectivity index (χ1n) is 8.54. The van der Waals surface area contributed by atoms with Crippen molar-refractivity contribution in [1.82, 2.24) is 14.8 Å². The van der Waals surface area contributed by atoms with E-state index in [1.54, 1.807) is 36.6 Å². The number of aromatic nitrogens is 3. The molecule has 0 amide bonds. The summed E-state index contributed by atoms with van der Waals surface area (Å²) in [5.41, 5.74) is -0.00376. The van der Waals surface area contributed by atoms with E-state index in [1.807, 2.05) is 13.0 Å². The smallest absolute Gasteiger partial charge is 0.177 e. The van der Waals surface area contributed by atoms with Crippen LogP contribution in [0.4, 0.5) is 8.78 Å². The van der Waals surface area contributed by atoms with Gasteiger partial charge in [-0.25, -0.2) is 8.78 Å². The predicted molar refractivity (Wildman–Crippen MR) is 101 cm³/mol. The number of hydrogen-bond donors (Lipinski definition) is 0. The molecule has 0 saturated heterocycles. The minimum atomic E-state index is -1.06. The average Bonchev–Trinajstić information content (AvgIpc) is 3.08. The lowest BCUT2D eigenvalue weighted by molar-refractivity contribution is 0.0883. The molecule has 8 heteroatoms. The average molecular weight is 403 g/mol. The maximum absolute atomic E-state index is 14.0. The Morgan fingerprint density at radius 3 is 2.54 bits per heavy atom. The molecule has 0 saturated carbocycles. The van der Waals surface area contributed by atoms with Gasteiger partial charge in [0.25, 0.3) is 0 Å². The fourth-order valence-corrected chi connectivity index (χ4v) is 3.16. The normalized spacial score (nSPS) is 11.3. The second kappa shape index (κ2) is 7.56. The van der Waals surface area contributed by atoms with Crippen molar-refractivity contribution in [2.75, 3.05) is 0 Å². The number of ether oxygens (including phenoxy) is 1. The largest absolute Gasteiger partial charge is 0.477 e. The molecule has 0 fully saturated rings. The van der Waals surface area contributed by atoms with Crippen molar-refractivity contribution in [3.63, 3.8) is 0 Å². The molecule has 0 radical (unpaired) electrons. The molecule has 0 aliphatic rings. The number of halogens is 3. The van der Waals surface area contributed by atoms with Crippen LogP contribution in [0.2, 0.25) is 5.02 Å². The number of nitrogens with zero attached hydrogens (tertiary/aromatic N) is 4. The van der Waals surface area contributed by atoms with Gasteiger partial charge in [0.15, 0.2) is 28.8 Å². The van der Waals surface area contributed by atoms with Crippen LogP contribution in [0.1, 0.15) is 32.2 Å². The van der Waals surface area contributed by atoms with Crippen LogP contribution < -0.4 is 4.74 Å². The molecule has 5 nitrogen and oxygen atoms in total. The second-order valence-corrected chi connectivity index (χ2v) is 6.99. The molecule has 3 aromatic rings. The van der Waals surface area contributed by atoms with Crippen LogP contribution in [-0.4, -0.2) is 14.8 Å². The summed E-state index contributed by atoms with van der Waals surface area (Å²) >= 11 is 6.31. The van der Waals surface area contributed by atoms with Crippen LogP contribution in [0.15, 0.2) is 36.4 Å². The summed E-state index contributed by atoms with van der Waals surface area (Å²) in [6, 6.07) is 10.1. The summed E-state index contributed by atoms with van der Waals surface area (Å²) in [5.74, 6) is -0.615. The highest BCUT2D eigenvalue weighted by molar-refractivity contribution is 6.33. The molecule has 144 valence electrons. The van der Waals surface area contributed by atoms with Crippen LogP contribution in [0.3, 0.4) is 0 Å². The first kappa shape index (κ1) is 19.8. The number of nitriles is 1. The summed E-state index contributed by atoms with van der Waals surface area (Å²) in [5, 5.41) is 17.8. The highest BCUT2D eigenvalue weighted by Gasteiger charge is 2.32. The Morgan fingerprint density at radius 1 is 1.18 bits per heavy atom. The molecule has 0 aliphatic carbocycles. The molecule has 1 heterocycles. The van der Waals surface area contributed by atoms with Crippen molar-refractivity contribution >= 4 is 11.6 Å². The van der Waals surface area contributed by atoms with E-state index in [2.05, 4.69) is 10.2 Å². The Kier molecular flexibility index (Phi) is 5.34. The van der Waals surface area contributed by atoms with Crippen LogP contribution in [-0.2, 0) is 12.1 Å². The minimum Gasteiger partial charge on any atom is -0.477 e. The van der Waals surface area contributed by atoms with Crippen molar-refractivity contribution in [1.29, 1.82) is 5.26 Å². The molecule has 0 bridgehead atoms. The Labute approximate surface area is 166 Å². The molecule has 0 atom stereocenters. The number of benzene rings is 2. The quantitative estimate of drug-likeness (QED) is 0.596. The number of rotatable bonds is 5. The Hall–Kier alpha value is -2.98. The molecule has 2 aromatic carbocycles. The van der Waals surface area contributed by atoms with Gasteiger partial charge in [-0.15, -0.1) is 10.2 Å². The molecule has 0 aliphatic heterocycles. The van der Waals surface area contributed by atoms with Crippen LogP contribution in [0.25, 0.3) is 11.4 Å². The van der Waals surface area contributed by atoms with Crippen molar-refractivity contribution in [3.8, 4) is 23.2 Å². The zero-order valence-electron chi connectivity index (χ0n) is 15.5. The molecule has 0 N–H and O–H groups in total. The maximum Gasteiger partial charge on any atom is 0.177 e. The van der Waals surface area contributed by atoms with Gasteiger partial charge in [0, 0.05) is 18.2 Å². The fourth-order valence-electron chi connectivity index (χ4n) is 2.89. The Morgan fingerprint density at radius 2 is 1.93 bits per heavy atom. The van der Waals surface area contributed by atoms with Crippen molar-refractivity contribution in [3.05, 3.63) is 64.4 Å². The van der Waals surface area contributed by atoms with Gasteiger partial charge in [0.1, 0.15) is 5.82 Å². The molecule has 0 spiro atoms. The number of hydrogen-bond acceptors (Lipinski definition) is 4. The van der Waals surface area contributed by atoms with Crippen LogP contribution in [0, 0.1) is 23.0 Å². The highest BCUT2D eigenvalue weighted by Crippen LogP contribution is 2.33. The van der Waals surface area contributed by atoms with E-state index in [1.165, 1.54) is 6.07 Å². The second-order valence-electron chi connectivity index (χ2n) is 6.59. The van der Waals surface area contributed by atoms with Gasteiger partial charge in [0.05, 0.1) is 16.7 Å². The molecule has 1 aromatic heterocycles. The Bertz CT molecular complexity index is 1070. The third kappa shape index (κ3) is 3.69. The lowest BCUT2D eigenvalue weighted by Crippen LogP contribution is -2.30. The standard InChI is InChI=1S/C20H17ClF2N4O/c1-4-27-18(14-7-5-12(11-24)9-15(14)21)25-26-19(27)20(2,3)28-17-8-6-13(22)10-16(17)23/h5-10H,4H2,1-3H3. The lowest BCUT2D eigenvalue weighted by atomic mass is 10.1. The fraction of sp³-hybridized carbons (Fsp3) is 0.250. The molecular formula is C20H17ClF2N4O. The minimum absolute atomic E-state index is 0.0880. The van der Waals surface area contributed by atoms with Crippen LogP contribution >= 0.6 is 11.6 Å². The van der Waals surface area contributed by atoms with Crippen molar-refractivity contribution in [2.45, 2.75) is 32.9 Å². The zero-order valence-corrected chi connectivity index (χ0v) is 16.3. The van der Waals surface area contributed by atoms with E-state index in [0.29, 0.717) is 34.3 Å². The zero-order chi connectivity index (χ0) is 20.5. The first-order valence-corrected chi connectivity index (χ1v) is 8.92. The SMILES string of the molecule is CCn1c(-c2ccc(C#N)cc2Cl)nnc1C(C)(C)Oc1ccc(F)cc1F. The van der Waals surface area contributed by atoms with E-state index in [0.717, 1.165) is 12.1 Å². The third-order valence-corrected chi connectivity index (χ3v) is 4.52. The van der Waals surface area contributed by atoms with Crippen molar-refractivity contribution < 1.29 is 13.5 Å². The van der Waals surface area contributed by atoms with Gasteiger partial charge < -0.3 is 9.30 Å². The van der Waals surface area contributed by atoms with E-state index in [-0.39, 0.29) is 5.75 Å². The summed E-state index contributed by atoms with van der Waals surface area (Å²) in [6.07, 6.45) is 0. The van der Waals surface area contributed by atoms with Gasteiger partial charge in [-0.3, -0.25) is 0 Å². The van der Waals surface area contributed by atoms with Crippen molar-refractivity contribution in [2.24, 2.45) is 0 Å². The van der Waals surface area contributed by atoms with E-state index in [9.17, 15) is 8.78 Å². The molecular weight excluding hydrogens is 386 g/mol. The highest BCUT2D eigenvalue weighted by atomic mass is 35.5. The Balaban J connectivity index is 2.02. The summed E-state index contributed by atoms with van der Waals surface area (Å²) in [7, 11) is 0. The van der Waals surface area contributed by atoms with Gasteiger partial charge >= 0.3 is 0 Å². The molecule has 0 unspecified atom stereocenters. The summed E-state index contributed by atoms with van der Waals surface area (Å²) in [4.78, 5) is 0. The van der Waals surface area contributed by atoms with E-state index in [4.69, 9.17) is 21.6 Å². The predicted octanol–water partition coefficient (Wildman–Crippen LogP) is 5.08. The van der Waals surface area contributed by atoms with Crippen LogP contribution in [0.5, 0.6) is 5.75 Å². The maximum atomic E-state index is 14.0. The third-order valence-electron chi connectivity index (χ3n) is 4.20. The lowest BCUT2D eigenvalue weighted by Gasteiger charge is -2.26. The summed E-state index contributed by atoms with van der Waals surface area (Å²) in [6.45, 7) is 5.85. The summed E-state index contributed by atoms with van der Waals surface area (Å²) < 4.78 is 34.8. The topological polar surface area (TPSA) is 63.7 Å². The van der Waals surface area contributed by atoms with Gasteiger partial charge in [-0.2, -0.15) is 5.26 Å². The molecule has 28 heavy (non-hydrogen) atoms. The van der Waals surface area contributed by atoms with Gasteiger partial charge in [-0.1, -0.05) is 11.6 Å². The van der Waals surface area contributed by atoms with E-state index >= 15 is 0 Å². The van der Waals surface area contributed by atoms with E-state index < -0.39 is 17.2 Å². The molecule has 3 rings (SSSR count). The first-order chi connectivity index (χ1) is 13.3.